The maximum atomic E-state index is 9.32. The molecule has 0 radical (unpaired) electrons. The fraction of sp³-hybridized carbons (Fsp3) is 0.538. The van der Waals surface area contributed by atoms with E-state index in [1.807, 2.05) is 45.0 Å². The van der Waals surface area contributed by atoms with Crippen molar-refractivity contribution < 1.29 is 14.6 Å². The lowest BCUT2D eigenvalue weighted by molar-refractivity contribution is -0.149. The molecule has 0 saturated carbocycles. The van der Waals surface area contributed by atoms with Gasteiger partial charge in [-0.05, 0) is 31.9 Å². The van der Waals surface area contributed by atoms with Crippen LogP contribution < -0.4 is 0 Å². The Bertz CT molecular complexity index is 373. The van der Waals surface area contributed by atoms with Crippen molar-refractivity contribution in [2.75, 3.05) is 6.61 Å². The van der Waals surface area contributed by atoms with Gasteiger partial charge in [-0.15, -0.1) is 0 Å². The van der Waals surface area contributed by atoms with E-state index in [-0.39, 0.29) is 18.8 Å². The van der Waals surface area contributed by atoms with E-state index in [2.05, 4.69) is 0 Å². The minimum atomic E-state index is -0.625. The highest BCUT2D eigenvalue weighted by atomic mass is 16.8. The van der Waals surface area contributed by atoms with Gasteiger partial charge in [0.25, 0.3) is 0 Å². The minimum absolute atomic E-state index is 0.0254. The minimum Gasteiger partial charge on any atom is -0.394 e. The summed E-state index contributed by atoms with van der Waals surface area (Å²) in [5.74, 6) is -0.625. The van der Waals surface area contributed by atoms with Gasteiger partial charge in [0.1, 0.15) is 12.2 Å². The van der Waals surface area contributed by atoms with Crippen molar-refractivity contribution >= 4 is 0 Å². The van der Waals surface area contributed by atoms with E-state index in [0.717, 1.165) is 11.1 Å². The highest BCUT2D eigenvalue weighted by Gasteiger charge is 2.41. The van der Waals surface area contributed by atoms with E-state index in [1.165, 1.54) is 0 Å². The molecule has 1 fully saturated rings. The molecule has 0 spiro atoms. The van der Waals surface area contributed by atoms with E-state index in [1.54, 1.807) is 0 Å². The Kier molecular flexibility index (Phi) is 3.02. The summed E-state index contributed by atoms with van der Waals surface area (Å²) in [7, 11) is 0. The van der Waals surface area contributed by atoms with Crippen molar-refractivity contribution in [1.29, 1.82) is 0 Å². The van der Waals surface area contributed by atoms with E-state index in [9.17, 15) is 5.11 Å². The zero-order valence-electron chi connectivity index (χ0n) is 9.93. The van der Waals surface area contributed by atoms with Gasteiger partial charge in [0.15, 0.2) is 5.79 Å². The average molecular weight is 222 g/mol. The lowest BCUT2D eigenvalue weighted by Gasteiger charge is -2.18. The maximum Gasteiger partial charge on any atom is 0.164 e. The SMILES string of the molecule is Cc1ccccc1C1OC(C)(C)OC1CO. The summed E-state index contributed by atoms with van der Waals surface area (Å²) >= 11 is 0. The zero-order valence-corrected chi connectivity index (χ0v) is 9.93. The van der Waals surface area contributed by atoms with Crippen molar-refractivity contribution in [2.45, 2.75) is 38.8 Å². The lowest BCUT2D eigenvalue weighted by Crippen LogP contribution is -2.23. The summed E-state index contributed by atoms with van der Waals surface area (Å²) in [6.45, 7) is 5.75. The smallest absolute Gasteiger partial charge is 0.164 e. The molecule has 0 aromatic heterocycles. The molecule has 1 saturated heterocycles. The van der Waals surface area contributed by atoms with Gasteiger partial charge < -0.3 is 14.6 Å². The predicted octanol–water partition coefficient (Wildman–Crippen LogP) is 2.18. The Labute approximate surface area is 96.0 Å². The molecule has 3 nitrogen and oxygen atoms in total. The standard InChI is InChI=1S/C13H18O3/c1-9-6-4-5-7-10(9)12-11(8-14)15-13(2,3)16-12/h4-7,11-12,14H,8H2,1-3H3. The number of hydrogen-bond donors (Lipinski definition) is 1. The van der Waals surface area contributed by atoms with E-state index in [4.69, 9.17) is 9.47 Å². The third-order valence-corrected chi connectivity index (χ3v) is 2.86. The van der Waals surface area contributed by atoms with Crippen molar-refractivity contribution in [1.82, 2.24) is 0 Å². The summed E-state index contributed by atoms with van der Waals surface area (Å²) in [5.41, 5.74) is 2.25. The Hall–Kier alpha value is -0.900. The highest BCUT2D eigenvalue weighted by Crippen LogP contribution is 2.38. The summed E-state index contributed by atoms with van der Waals surface area (Å²) < 4.78 is 11.5. The Morgan fingerprint density at radius 1 is 1.25 bits per heavy atom. The van der Waals surface area contributed by atoms with Gasteiger partial charge in [-0.2, -0.15) is 0 Å². The van der Waals surface area contributed by atoms with Crippen LogP contribution in [-0.4, -0.2) is 23.6 Å². The van der Waals surface area contributed by atoms with Crippen LogP contribution in [0.5, 0.6) is 0 Å². The fourth-order valence-electron chi connectivity index (χ4n) is 2.14. The molecule has 2 rings (SSSR count). The molecule has 1 aromatic rings. The van der Waals surface area contributed by atoms with E-state index < -0.39 is 5.79 Å². The second-order valence-corrected chi connectivity index (χ2v) is 4.63. The van der Waals surface area contributed by atoms with Crippen molar-refractivity contribution in [3.05, 3.63) is 35.4 Å². The molecule has 1 heterocycles. The van der Waals surface area contributed by atoms with Crippen LogP contribution >= 0.6 is 0 Å². The van der Waals surface area contributed by atoms with Crippen LogP contribution in [0.15, 0.2) is 24.3 Å². The van der Waals surface area contributed by atoms with Crippen LogP contribution in [-0.2, 0) is 9.47 Å². The van der Waals surface area contributed by atoms with Crippen molar-refractivity contribution in [2.24, 2.45) is 0 Å². The van der Waals surface area contributed by atoms with Crippen LogP contribution in [0.4, 0.5) is 0 Å². The third kappa shape index (κ3) is 2.12. The number of aryl methyl sites for hydroxylation is 1. The van der Waals surface area contributed by atoms with Gasteiger partial charge in [-0.1, -0.05) is 24.3 Å². The molecule has 2 atom stereocenters. The Morgan fingerprint density at radius 3 is 2.56 bits per heavy atom. The van der Waals surface area contributed by atoms with E-state index in [0.29, 0.717) is 0 Å². The first-order chi connectivity index (χ1) is 7.53. The molecule has 2 unspecified atom stereocenters. The van der Waals surface area contributed by atoms with Crippen LogP contribution in [0.1, 0.15) is 31.1 Å². The van der Waals surface area contributed by atoms with Crippen LogP contribution in [0.25, 0.3) is 0 Å². The van der Waals surface area contributed by atoms with Gasteiger partial charge in [0.2, 0.25) is 0 Å². The van der Waals surface area contributed by atoms with Crippen LogP contribution in [0, 0.1) is 6.92 Å². The molecular weight excluding hydrogens is 204 g/mol. The van der Waals surface area contributed by atoms with Gasteiger partial charge in [0.05, 0.1) is 6.61 Å². The fourth-order valence-corrected chi connectivity index (χ4v) is 2.14. The largest absolute Gasteiger partial charge is 0.394 e. The molecule has 0 aliphatic carbocycles. The highest BCUT2D eigenvalue weighted by molar-refractivity contribution is 5.29. The lowest BCUT2D eigenvalue weighted by atomic mass is 10.00. The molecule has 1 N–H and O–H groups in total. The summed E-state index contributed by atoms with van der Waals surface area (Å²) in [6.07, 6.45) is -0.461. The summed E-state index contributed by atoms with van der Waals surface area (Å²) in [6, 6.07) is 8.03. The summed E-state index contributed by atoms with van der Waals surface area (Å²) in [4.78, 5) is 0. The molecule has 16 heavy (non-hydrogen) atoms. The first kappa shape index (κ1) is 11.6. The third-order valence-electron chi connectivity index (χ3n) is 2.86. The summed E-state index contributed by atoms with van der Waals surface area (Å²) in [5, 5.41) is 9.32. The normalized spacial score (nSPS) is 28.2. The maximum absolute atomic E-state index is 9.32. The van der Waals surface area contributed by atoms with Gasteiger partial charge in [0, 0.05) is 0 Å². The first-order valence-corrected chi connectivity index (χ1v) is 5.55. The predicted molar refractivity (Wildman–Crippen MR) is 61.0 cm³/mol. The Morgan fingerprint density at radius 2 is 1.94 bits per heavy atom. The monoisotopic (exact) mass is 222 g/mol. The molecule has 1 aliphatic rings. The van der Waals surface area contributed by atoms with Gasteiger partial charge in [-0.25, -0.2) is 0 Å². The molecule has 1 aromatic carbocycles. The van der Waals surface area contributed by atoms with Gasteiger partial charge in [-0.3, -0.25) is 0 Å². The molecular formula is C13H18O3. The van der Waals surface area contributed by atoms with Crippen molar-refractivity contribution in [3.8, 4) is 0 Å². The second kappa shape index (κ2) is 4.17. The number of aliphatic hydroxyl groups is 1. The number of rotatable bonds is 2. The number of benzene rings is 1. The molecule has 3 heteroatoms. The Balaban J connectivity index is 2.30. The van der Waals surface area contributed by atoms with Crippen molar-refractivity contribution in [3.63, 3.8) is 0 Å². The topological polar surface area (TPSA) is 38.7 Å². The van der Waals surface area contributed by atoms with Crippen LogP contribution in [0.2, 0.25) is 0 Å². The first-order valence-electron chi connectivity index (χ1n) is 5.55. The number of ether oxygens (including phenoxy) is 2. The molecule has 1 aliphatic heterocycles. The second-order valence-electron chi connectivity index (χ2n) is 4.63. The van der Waals surface area contributed by atoms with Gasteiger partial charge >= 0.3 is 0 Å². The average Bonchev–Trinajstić information content (AvgIpc) is 2.54. The quantitative estimate of drug-likeness (QED) is 0.833. The molecule has 0 bridgehead atoms. The zero-order chi connectivity index (χ0) is 11.8. The molecule has 88 valence electrons. The van der Waals surface area contributed by atoms with Crippen LogP contribution in [0.3, 0.4) is 0 Å². The van der Waals surface area contributed by atoms with E-state index >= 15 is 0 Å². The number of hydrogen-bond acceptors (Lipinski definition) is 3. The molecule has 0 amide bonds. The number of aliphatic hydroxyl groups excluding tert-OH is 1.